The molecule has 2 aromatic heterocycles. The lowest BCUT2D eigenvalue weighted by molar-refractivity contribution is 1.12. The molecule has 0 saturated heterocycles. The summed E-state index contributed by atoms with van der Waals surface area (Å²) in [5.41, 5.74) is 4.39. The van der Waals surface area contributed by atoms with Crippen molar-refractivity contribution in [3.05, 3.63) is 66.5 Å². The molecule has 0 aliphatic heterocycles. The van der Waals surface area contributed by atoms with Crippen LogP contribution in [0.1, 0.15) is 5.56 Å². The lowest BCUT2D eigenvalue weighted by atomic mass is 10.1. The number of anilines is 1. The zero-order chi connectivity index (χ0) is 14.1. The van der Waals surface area contributed by atoms with Crippen LogP contribution in [0.2, 0.25) is 0 Å². The van der Waals surface area contributed by atoms with Gasteiger partial charge in [0, 0.05) is 29.2 Å². The molecule has 4 nitrogen and oxygen atoms in total. The van der Waals surface area contributed by atoms with Gasteiger partial charge in [0.15, 0.2) is 0 Å². The van der Waals surface area contributed by atoms with Gasteiger partial charge in [-0.1, -0.05) is 18.2 Å². The predicted molar refractivity (Wildman–Crippen MR) is 85.2 cm³/mol. The van der Waals surface area contributed by atoms with Crippen molar-refractivity contribution in [2.75, 3.05) is 5.32 Å². The molecule has 0 spiro atoms. The van der Waals surface area contributed by atoms with E-state index in [1.54, 1.807) is 0 Å². The van der Waals surface area contributed by atoms with E-state index in [-0.39, 0.29) is 0 Å². The molecule has 21 heavy (non-hydrogen) atoms. The van der Waals surface area contributed by atoms with Crippen molar-refractivity contribution in [3.63, 3.8) is 0 Å². The zero-order valence-corrected chi connectivity index (χ0v) is 11.4. The first-order chi connectivity index (χ1) is 10.4. The van der Waals surface area contributed by atoms with Gasteiger partial charge in [0.2, 0.25) is 0 Å². The Kier molecular flexibility index (Phi) is 2.78. The average Bonchev–Trinajstić information content (AvgIpc) is 3.00. The molecule has 0 unspecified atom stereocenters. The molecule has 2 N–H and O–H groups in total. The molecule has 102 valence electrons. The topological polar surface area (TPSA) is 53.6 Å². The van der Waals surface area contributed by atoms with Gasteiger partial charge in [0.1, 0.15) is 0 Å². The van der Waals surface area contributed by atoms with E-state index < -0.39 is 0 Å². The monoisotopic (exact) mass is 274 g/mol. The second-order valence-corrected chi connectivity index (χ2v) is 5.01. The quantitative estimate of drug-likeness (QED) is 0.598. The molecule has 0 aliphatic rings. The number of para-hydroxylation sites is 1. The molecule has 4 rings (SSSR count). The Hall–Kier alpha value is -2.88. The fraction of sp³-hybridized carbons (Fsp3) is 0.0588. The molecular formula is C17H14N4. The fourth-order valence-corrected chi connectivity index (χ4v) is 2.55. The summed E-state index contributed by atoms with van der Waals surface area (Å²) >= 11 is 0. The second-order valence-electron chi connectivity index (χ2n) is 5.01. The normalized spacial score (nSPS) is 11.0. The van der Waals surface area contributed by atoms with Crippen LogP contribution in [-0.2, 0) is 6.54 Å². The van der Waals surface area contributed by atoms with Crippen LogP contribution in [0.25, 0.3) is 21.8 Å². The maximum atomic E-state index is 4.39. The van der Waals surface area contributed by atoms with Crippen LogP contribution in [0.4, 0.5) is 5.69 Å². The van der Waals surface area contributed by atoms with Gasteiger partial charge in [-0.25, -0.2) is 0 Å². The highest BCUT2D eigenvalue weighted by atomic mass is 15.1. The van der Waals surface area contributed by atoms with Crippen molar-refractivity contribution < 1.29 is 0 Å². The highest BCUT2D eigenvalue weighted by Gasteiger charge is 2.02. The Labute approximate surface area is 121 Å². The minimum absolute atomic E-state index is 0.767. The largest absolute Gasteiger partial charge is 0.381 e. The number of nitrogens with one attached hydrogen (secondary N) is 2. The van der Waals surface area contributed by atoms with E-state index in [4.69, 9.17) is 0 Å². The maximum absolute atomic E-state index is 4.39. The Morgan fingerprint density at radius 2 is 2.00 bits per heavy atom. The molecule has 0 atom stereocenters. The third kappa shape index (κ3) is 2.21. The minimum Gasteiger partial charge on any atom is -0.381 e. The van der Waals surface area contributed by atoms with Crippen LogP contribution in [0.15, 0.2) is 60.9 Å². The number of rotatable bonds is 3. The molecule has 0 amide bonds. The van der Waals surface area contributed by atoms with E-state index in [9.17, 15) is 0 Å². The van der Waals surface area contributed by atoms with E-state index in [2.05, 4.69) is 50.8 Å². The number of benzene rings is 2. The third-order valence-electron chi connectivity index (χ3n) is 3.66. The number of aromatic nitrogens is 3. The summed E-state index contributed by atoms with van der Waals surface area (Å²) in [6.07, 6.45) is 3.69. The van der Waals surface area contributed by atoms with Crippen LogP contribution in [-0.4, -0.2) is 15.2 Å². The van der Waals surface area contributed by atoms with E-state index in [1.807, 2.05) is 30.6 Å². The Morgan fingerprint density at radius 1 is 1.05 bits per heavy atom. The first-order valence-corrected chi connectivity index (χ1v) is 6.90. The van der Waals surface area contributed by atoms with Gasteiger partial charge in [0.05, 0.1) is 17.2 Å². The van der Waals surface area contributed by atoms with Crippen molar-refractivity contribution in [1.82, 2.24) is 15.2 Å². The van der Waals surface area contributed by atoms with E-state index in [0.717, 1.165) is 28.7 Å². The standard InChI is InChI=1S/C17H14N4/c1-2-4-16-15(3-1)12(7-8-18-16)10-19-14-6-5-13-11-20-21-17(13)9-14/h1-9,11,19H,10H2,(H,20,21). The number of aromatic amines is 1. The van der Waals surface area contributed by atoms with Gasteiger partial charge < -0.3 is 5.32 Å². The van der Waals surface area contributed by atoms with Crippen LogP contribution >= 0.6 is 0 Å². The van der Waals surface area contributed by atoms with Gasteiger partial charge in [-0.05, 0) is 35.9 Å². The Morgan fingerprint density at radius 3 is 3.00 bits per heavy atom. The van der Waals surface area contributed by atoms with Gasteiger partial charge in [0.25, 0.3) is 0 Å². The minimum atomic E-state index is 0.767. The summed E-state index contributed by atoms with van der Waals surface area (Å²) in [4.78, 5) is 4.39. The van der Waals surface area contributed by atoms with Crippen LogP contribution < -0.4 is 5.32 Å². The van der Waals surface area contributed by atoms with Crippen molar-refractivity contribution >= 4 is 27.5 Å². The van der Waals surface area contributed by atoms with Crippen molar-refractivity contribution in [3.8, 4) is 0 Å². The first-order valence-electron chi connectivity index (χ1n) is 6.90. The molecule has 0 bridgehead atoms. The van der Waals surface area contributed by atoms with Crippen LogP contribution in [0, 0.1) is 0 Å². The SMILES string of the molecule is c1ccc2c(CNc3ccc4cn[nH]c4c3)ccnc2c1. The summed E-state index contributed by atoms with van der Waals surface area (Å²) in [5, 5.41) is 12.8. The molecule has 4 aromatic rings. The van der Waals surface area contributed by atoms with E-state index in [0.29, 0.717) is 0 Å². The molecule has 0 saturated carbocycles. The molecule has 0 fully saturated rings. The summed E-state index contributed by atoms with van der Waals surface area (Å²) in [6, 6.07) is 16.5. The molecular weight excluding hydrogens is 260 g/mol. The van der Waals surface area contributed by atoms with Crippen molar-refractivity contribution in [2.45, 2.75) is 6.54 Å². The molecule has 2 heterocycles. The first kappa shape index (κ1) is 11.9. The summed E-state index contributed by atoms with van der Waals surface area (Å²) < 4.78 is 0. The van der Waals surface area contributed by atoms with Gasteiger partial charge in [-0.15, -0.1) is 0 Å². The van der Waals surface area contributed by atoms with Gasteiger partial charge in [-0.3, -0.25) is 10.1 Å². The van der Waals surface area contributed by atoms with Gasteiger partial charge >= 0.3 is 0 Å². The molecule has 0 aliphatic carbocycles. The number of hydrogen-bond donors (Lipinski definition) is 2. The van der Waals surface area contributed by atoms with Crippen LogP contribution in [0.5, 0.6) is 0 Å². The molecule has 4 heteroatoms. The number of pyridine rings is 1. The highest BCUT2D eigenvalue weighted by Crippen LogP contribution is 2.20. The summed E-state index contributed by atoms with van der Waals surface area (Å²) in [6.45, 7) is 0.767. The average molecular weight is 274 g/mol. The van der Waals surface area contributed by atoms with Crippen molar-refractivity contribution in [2.24, 2.45) is 0 Å². The predicted octanol–water partition coefficient (Wildman–Crippen LogP) is 3.72. The second kappa shape index (κ2) is 4.90. The zero-order valence-electron chi connectivity index (χ0n) is 11.4. The third-order valence-corrected chi connectivity index (χ3v) is 3.66. The summed E-state index contributed by atoms with van der Waals surface area (Å²) in [5.74, 6) is 0. The van der Waals surface area contributed by atoms with E-state index >= 15 is 0 Å². The maximum Gasteiger partial charge on any atom is 0.0705 e. The highest BCUT2D eigenvalue weighted by molar-refractivity contribution is 5.83. The van der Waals surface area contributed by atoms with Gasteiger partial charge in [-0.2, -0.15) is 5.10 Å². The number of fused-ring (bicyclic) bond motifs is 2. The number of H-pyrrole nitrogens is 1. The van der Waals surface area contributed by atoms with Crippen molar-refractivity contribution in [1.29, 1.82) is 0 Å². The Bertz CT molecular complexity index is 905. The Balaban J connectivity index is 1.63. The fourth-order valence-electron chi connectivity index (χ4n) is 2.55. The lowest BCUT2D eigenvalue weighted by Crippen LogP contribution is -2.00. The summed E-state index contributed by atoms with van der Waals surface area (Å²) in [7, 11) is 0. The molecule has 0 radical (unpaired) electrons. The number of nitrogens with zero attached hydrogens (tertiary/aromatic N) is 2. The lowest BCUT2D eigenvalue weighted by Gasteiger charge is -2.09. The number of hydrogen-bond acceptors (Lipinski definition) is 3. The van der Waals surface area contributed by atoms with Crippen LogP contribution in [0.3, 0.4) is 0 Å². The van der Waals surface area contributed by atoms with E-state index in [1.165, 1.54) is 10.9 Å². The smallest absolute Gasteiger partial charge is 0.0705 e. The molecule has 2 aromatic carbocycles.